The van der Waals surface area contributed by atoms with Crippen LogP contribution in [-0.2, 0) is 0 Å². The molecule has 0 amide bonds. The minimum Gasteiger partial charge on any atom is -1.00 e. The Morgan fingerprint density at radius 1 is 1.38 bits per heavy atom. The minimum atomic E-state index is 0. The summed E-state index contributed by atoms with van der Waals surface area (Å²) in [6, 6.07) is 5.43. The van der Waals surface area contributed by atoms with E-state index < -0.39 is 0 Å². The molecule has 0 atom stereocenters. The maximum absolute atomic E-state index is 5.25. The number of nitrogens with zero attached hydrogens (tertiary/aromatic N) is 1. The van der Waals surface area contributed by atoms with Crippen molar-refractivity contribution < 1.29 is 17.0 Å². The quantitative estimate of drug-likeness (QED) is 0.479. The second kappa shape index (κ2) is 3.43. The second-order valence-corrected chi connectivity index (χ2v) is 1.25. The highest BCUT2D eigenvalue weighted by atomic mass is 79.9. The Balaban J connectivity index is 0.000000490. The normalized spacial score (nSPS) is 7.50. The number of hydrogen-bond donors (Lipinski definition) is 1. The summed E-state index contributed by atoms with van der Waals surface area (Å²) < 4.78 is 0. The van der Waals surface area contributed by atoms with Crippen LogP contribution >= 0.6 is 0 Å². The van der Waals surface area contributed by atoms with Crippen LogP contribution in [0.1, 0.15) is 0 Å². The van der Waals surface area contributed by atoms with Gasteiger partial charge in [-0.2, -0.15) is 0 Å². The maximum Gasteiger partial charge on any atom is 0.123 e. The number of rotatable bonds is 0. The van der Waals surface area contributed by atoms with E-state index in [-0.39, 0.29) is 17.0 Å². The van der Waals surface area contributed by atoms with Crippen LogP contribution in [0.15, 0.2) is 24.4 Å². The fourth-order valence-corrected chi connectivity index (χ4v) is 0.376. The molecule has 0 spiro atoms. The first kappa shape index (κ1) is 7.43. The zero-order chi connectivity index (χ0) is 5.11. The summed E-state index contributed by atoms with van der Waals surface area (Å²) in [6.45, 7) is 0. The van der Waals surface area contributed by atoms with Gasteiger partial charge in [-0.05, 0) is 12.1 Å². The van der Waals surface area contributed by atoms with E-state index in [9.17, 15) is 0 Å². The number of nitrogens with two attached hydrogens (primary N) is 1. The summed E-state index contributed by atoms with van der Waals surface area (Å²) >= 11 is 0. The highest BCUT2D eigenvalue weighted by Gasteiger charge is 1.73. The van der Waals surface area contributed by atoms with Crippen LogP contribution in [0.4, 0.5) is 5.82 Å². The van der Waals surface area contributed by atoms with Crippen molar-refractivity contribution in [1.29, 1.82) is 0 Å². The maximum atomic E-state index is 5.25. The van der Waals surface area contributed by atoms with Gasteiger partial charge in [-0.3, -0.25) is 0 Å². The lowest BCUT2D eigenvalue weighted by Crippen LogP contribution is -3.00. The Morgan fingerprint density at radius 3 is 2.38 bits per heavy atom. The molecule has 1 aromatic heterocycles. The van der Waals surface area contributed by atoms with Gasteiger partial charge in [0, 0.05) is 6.20 Å². The van der Waals surface area contributed by atoms with Crippen molar-refractivity contribution in [1.82, 2.24) is 4.98 Å². The van der Waals surface area contributed by atoms with E-state index in [1.54, 1.807) is 12.3 Å². The number of aromatic nitrogens is 1. The Morgan fingerprint density at radius 2 is 2.12 bits per heavy atom. The van der Waals surface area contributed by atoms with Crippen LogP contribution in [0.2, 0.25) is 0 Å². The molecule has 0 fully saturated rings. The van der Waals surface area contributed by atoms with Crippen molar-refractivity contribution in [2.75, 3.05) is 5.73 Å². The Labute approximate surface area is 58.5 Å². The van der Waals surface area contributed by atoms with Crippen LogP contribution < -0.4 is 22.7 Å². The van der Waals surface area contributed by atoms with Crippen LogP contribution in [0.25, 0.3) is 0 Å². The topological polar surface area (TPSA) is 38.9 Å². The number of halogens is 1. The summed E-state index contributed by atoms with van der Waals surface area (Å²) in [5, 5.41) is 0. The number of hydrogen-bond acceptors (Lipinski definition) is 2. The first-order chi connectivity index (χ1) is 3.39. The average Bonchev–Trinajstić information content (AvgIpc) is 1.69. The largest absolute Gasteiger partial charge is 1.00 e. The molecular weight excluding hydrogens is 168 g/mol. The number of anilines is 1. The smallest absolute Gasteiger partial charge is 0.123 e. The van der Waals surface area contributed by atoms with E-state index in [2.05, 4.69) is 4.98 Å². The third-order valence-corrected chi connectivity index (χ3v) is 0.688. The lowest BCUT2D eigenvalue weighted by molar-refractivity contribution is -0.00000156. The van der Waals surface area contributed by atoms with E-state index in [4.69, 9.17) is 5.73 Å². The molecule has 0 aliphatic heterocycles. The Bertz CT molecular complexity index is 140. The molecule has 8 heavy (non-hydrogen) atoms. The molecule has 0 bridgehead atoms. The lowest BCUT2D eigenvalue weighted by Gasteiger charge is -1.82. The van der Waals surface area contributed by atoms with E-state index >= 15 is 0 Å². The minimum absolute atomic E-state index is 0. The number of nitrogen functional groups attached to an aromatic ring is 1. The Hall–Kier alpha value is -0.570. The van der Waals surface area contributed by atoms with Gasteiger partial charge in [-0.15, -0.1) is 0 Å². The SMILES string of the molecule is Nc1ccccn1.[Br-]. The monoisotopic (exact) mass is 173 g/mol. The molecule has 2 nitrogen and oxygen atoms in total. The van der Waals surface area contributed by atoms with Gasteiger partial charge in [-0.25, -0.2) is 4.98 Å². The molecule has 0 aliphatic rings. The van der Waals surface area contributed by atoms with Crippen molar-refractivity contribution >= 4 is 5.82 Å². The molecule has 0 saturated heterocycles. The van der Waals surface area contributed by atoms with Crippen LogP contribution in [-0.4, -0.2) is 4.98 Å². The molecule has 0 aromatic carbocycles. The van der Waals surface area contributed by atoms with Gasteiger partial charge in [-0.1, -0.05) is 6.07 Å². The highest BCUT2D eigenvalue weighted by Crippen LogP contribution is 1.89. The van der Waals surface area contributed by atoms with Gasteiger partial charge in [0.1, 0.15) is 5.82 Å². The third-order valence-electron chi connectivity index (χ3n) is 0.688. The average molecular weight is 174 g/mol. The highest BCUT2D eigenvalue weighted by molar-refractivity contribution is 5.25. The zero-order valence-electron chi connectivity index (χ0n) is 4.21. The van der Waals surface area contributed by atoms with Crippen LogP contribution in [0, 0.1) is 0 Å². The van der Waals surface area contributed by atoms with Gasteiger partial charge < -0.3 is 22.7 Å². The Kier molecular flexibility index (Phi) is 3.19. The summed E-state index contributed by atoms with van der Waals surface area (Å²) in [5.41, 5.74) is 5.25. The van der Waals surface area contributed by atoms with Crippen LogP contribution in [0.3, 0.4) is 0 Å². The summed E-state index contributed by atoms with van der Waals surface area (Å²) in [7, 11) is 0. The van der Waals surface area contributed by atoms with E-state index in [0.29, 0.717) is 5.82 Å². The van der Waals surface area contributed by atoms with E-state index in [0.717, 1.165) is 0 Å². The van der Waals surface area contributed by atoms with Crippen molar-refractivity contribution in [3.05, 3.63) is 24.4 Å². The van der Waals surface area contributed by atoms with Crippen molar-refractivity contribution in [2.24, 2.45) is 0 Å². The van der Waals surface area contributed by atoms with Crippen molar-refractivity contribution in [2.45, 2.75) is 0 Å². The molecule has 0 aliphatic carbocycles. The van der Waals surface area contributed by atoms with E-state index in [1.165, 1.54) is 0 Å². The predicted molar refractivity (Wildman–Crippen MR) is 28.6 cm³/mol. The third kappa shape index (κ3) is 1.93. The lowest BCUT2D eigenvalue weighted by atomic mass is 10.5. The van der Waals surface area contributed by atoms with Gasteiger partial charge in [0.05, 0.1) is 0 Å². The standard InChI is InChI=1S/C5H6N2.BrH/c6-5-3-1-2-4-7-5;/h1-4H,(H2,6,7);1H/p-1. The van der Waals surface area contributed by atoms with Gasteiger partial charge in [0.25, 0.3) is 0 Å². The molecule has 0 saturated carbocycles. The molecule has 1 rings (SSSR count). The van der Waals surface area contributed by atoms with Crippen molar-refractivity contribution in [3.63, 3.8) is 0 Å². The summed E-state index contributed by atoms with van der Waals surface area (Å²) in [4.78, 5) is 3.76. The van der Waals surface area contributed by atoms with Gasteiger partial charge in [0.15, 0.2) is 0 Å². The molecule has 1 aromatic rings. The van der Waals surface area contributed by atoms with Gasteiger partial charge >= 0.3 is 0 Å². The number of pyridine rings is 1. The fourth-order valence-electron chi connectivity index (χ4n) is 0.376. The molecule has 0 unspecified atom stereocenters. The van der Waals surface area contributed by atoms with Crippen LogP contribution in [0.5, 0.6) is 0 Å². The summed E-state index contributed by atoms with van der Waals surface area (Å²) in [5.74, 6) is 0.572. The molecule has 0 radical (unpaired) electrons. The first-order valence-corrected chi connectivity index (χ1v) is 2.06. The van der Waals surface area contributed by atoms with Crippen molar-refractivity contribution in [3.8, 4) is 0 Å². The molecule has 3 heteroatoms. The van der Waals surface area contributed by atoms with Gasteiger partial charge in [0.2, 0.25) is 0 Å². The fraction of sp³-hybridized carbons (Fsp3) is 0. The molecule has 2 N–H and O–H groups in total. The molecule has 44 valence electrons. The first-order valence-electron chi connectivity index (χ1n) is 2.06. The summed E-state index contributed by atoms with van der Waals surface area (Å²) in [6.07, 6.45) is 1.66. The molecule has 1 heterocycles. The molecular formula is C5H6BrN2-. The van der Waals surface area contributed by atoms with E-state index in [1.807, 2.05) is 12.1 Å². The predicted octanol–water partition coefficient (Wildman–Crippen LogP) is -2.33. The second-order valence-electron chi connectivity index (χ2n) is 1.25. The zero-order valence-corrected chi connectivity index (χ0v) is 5.80.